The van der Waals surface area contributed by atoms with E-state index in [-0.39, 0.29) is 38.4 Å². The van der Waals surface area contributed by atoms with Gasteiger partial charge in [-0.05, 0) is 93.3 Å². The van der Waals surface area contributed by atoms with Gasteiger partial charge in [-0.15, -0.1) is 0 Å². The Bertz CT molecular complexity index is 2200. The molecule has 0 aliphatic heterocycles. The molecule has 6 aromatic rings. The first-order valence-corrected chi connectivity index (χ1v) is 17.6. The summed E-state index contributed by atoms with van der Waals surface area (Å²) >= 11 is 6.93. The van der Waals surface area contributed by atoms with E-state index in [4.69, 9.17) is 14.6 Å². The number of nitrogens with one attached hydrogen (secondary N) is 3. The molecule has 0 aliphatic rings. The van der Waals surface area contributed by atoms with Crippen LogP contribution in [0.4, 0.5) is 5.69 Å². The molecular formula is C38H35Br2N3O7. The van der Waals surface area contributed by atoms with Crippen LogP contribution in [0, 0.1) is 0 Å². The molecule has 0 radical (unpaired) electrons. The zero-order valence-corrected chi connectivity index (χ0v) is 30.6. The second kappa shape index (κ2) is 16.6. The Morgan fingerprint density at radius 3 is 1.68 bits per heavy atom. The zero-order chi connectivity index (χ0) is 35.8. The standard InChI is InChI=1S/C24H21BrN2O3.C14H14BrNO4/c1-2-30-24(29)23-18(17-10-6-11-19(25)22(17)27-23)13-14-21(28)26-20-12-5-8-15-7-3-4-9-16(15)20;1-2-20-14(19)13-9(6-7-11(17)18)8-4-3-5-10(15)12(8)16-13/h3-12,27H,2,13-14H2,1H3,(H,26,28);3-5,16H,2,6-7H2,1H3,(H,17,18). The van der Waals surface area contributed by atoms with Crippen molar-refractivity contribution in [1.82, 2.24) is 9.97 Å². The van der Waals surface area contributed by atoms with Crippen molar-refractivity contribution in [1.29, 1.82) is 0 Å². The monoisotopic (exact) mass is 803 g/mol. The van der Waals surface area contributed by atoms with E-state index in [1.54, 1.807) is 13.8 Å². The molecule has 10 nitrogen and oxygen atoms in total. The second-order valence-electron chi connectivity index (χ2n) is 11.2. The highest BCUT2D eigenvalue weighted by Gasteiger charge is 2.22. The highest BCUT2D eigenvalue weighted by atomic mass is 79.9. The van der Waals surface area contributed by atoms with Crippen molar-refractivity contribution in [2.75, 3.05) is 18.5 Å². The van der Waals surface area contributed by atoms with Crippen molar-refractivity contribution >= 4 is 93.9 Å². The van der Waals surface area contributed by atoms with Gasteiger partial charge in [-0.2, -0.15) is 0 Å². The highest BCUT2D eigenvalue weighted by Crippen LogP contribution is 2.31. The van der Waals surface area contributed by atoms with Gasteiger partial charge < -0.3 is 29.9 Å². The molecular weight excluding hydrogens is 770 g/mol. The minimum Gasteiger partial charge on any atom is -0.481 e. The fraction of sp³-hybridized carbons (Fsp3) is 0.211. The van der Waals surface area contributed by atoms with Gasteiger partial charge in [-0.25, -0.2) is 9.59 Å². The van der Waals surface area contributed by atoms with Crippen molar-refractivity contribution in [3.8, 4) is 0 Å². The van der Waals surface area contributed by atoms with E-state index in [2.05, 4.69) is 47.1 Å². The molecule has 0 saturated carbocycles. The maximum Gasteiger partial charge on any atom is 0.355 e. The van der Waals surface area contributed by atoms with Crippen LogP contribution in [0.3, 0.4) is 0 Å². The quantitative estimate of drug-likeness (QED) is 0.0955. The van der Waals surface area contributed by atoms with Gasteiger partial charge in [0.15, 0.2) is 0 Å². The van der Waals surface area contributed by atoms with Gasteiger partial charge >= 0.3 is 17.9 Å². The molecule has 2 heterocycles. The van der Waals surface area contributed by atoms with Gasteiger partial charge in [0.2, 0.25) is 5.91 Å². The largest absolute Gasteiger partial charge is 0.481 e. The Hall–Kier alpha value is -4.94. The van der Waals surface area contributed by atoms with Gasteiger partial charge in [0.1, 0.15) is 11.4 Å². The van der Waals surface area contributed by atoms with Crippen molar-refractivity contribution < 1.29 is 33.8 Å². The fourth-order valence-electron chi connectivity index (χ4n) is 5.77. The smallest absolute Gasteiger partial charge is 0.355 e. The molecule has 6 rings (SSSR count). The number of carboxylic acid groups (broad SMARTS) is 1. The normalized spacial score (nSPS) is 10.9. The average Bonchev–Trinajstić information content (AvgIpc) is 3.67. The van der Waals surface area contributed by atoms with E-state index >= 15 is 0 Å². The molecule has 0 atom stereocenters. The van der Waals surface area contributed by atoms with E-state index in [1.807, 2.05) is 78.9 Å². The van der Waals surface area contributed by atoms with E-state index in [9.17, 15) is 19.2 Å². The number of aromatic nitrogens is 2. The van der Waals surface area contributed by atoms with Crippen LogP contribution in [-0.2, 0) is 31.9 Å². The molecule has 1 amide bonds. The third kappa shape index (κ3) is 8.26. The summed E-state index contributed by atoms with van der Waals surface area (Å²) in [5.74, 6) is -1.88. The minimum atomic E-state index is -0.899. The number of halogens is 2. The summed E-state index contributed by atoms with van der Waals surface area (Å²) in [4.78, 5) is 54.1. The summed E-state index contributed by atoms with van der Waals surface area (Å²) in [6.45, 7) is 4.06. The number of carbonyl (C=O) groups excluding carboxylic acids is 3. The van der Waals surface area contributed by atoms with E-state index in [1.165, 1.54) is 0 Å². The lowest BCUT2D eigenvalue weighted by atomic mass is 10.0. The van der Waals surface area contributed by atoms with Crippen molar-refractivity contribution in [2.45, 2.75) is 39.5 Å². The van der Waals surface area contributed by atoms with Crippen LogP contribution in [-0.4, -0.2) is 52.1 Å². The topological polar surface area (TPSA) is 151 Å². The lowest BCUT2D eigenvalue weighted by Crippen LogP contribution is -2.14. The van der Waals surface area contributed by atoms with Crippen LogP contribution in [0.15, 0.2) is 87.8 Å². The number of H-pyrrole nitrogens is 2. The summed E-state index contributed by atoms with van der Waals surface area (Å²) in [5, 5.41) is 15.7. The first-order chi connectivity index (χ1) is 24.1. The number of aryl methyl sites for hydroxylation is 2. The summed E-state index contributed by atoms with van der Waals surface area (Å²) < 4.78 is 11.9. The lowest BCUT2D eigenvalue weighted by Gasteiger charge is -2.09. The number of anilines is 1. The van der Waals surface area contributed by atoms with Crippen LogP contribution in [0.2, 0.25) is 0 Å². The third-order valence-electron chi connectivity index (χ3n) is 7.99. The summed E-state index contributed by atoms with van der Waals surface area (Å²) in [6, 6.07) is 25.1. The number of ether oxygens (including phenoxy) is 2. The van der Waals surface area contributed by atoms with Crippen LogP contribution < -0.4 is 5.32 Å². The third-order valence-corrected chi connectivity index (χ3v) is 9.32. The number of fused-ring (bicyclic) bond motifs is 3. The van der Waals surface area contributed by atoms with Crippen molar-refractivity contribution in [3.05, 3.63) is 110 Å². The van der Waals surface area contributed by atoms with Crippen molar-refractivity contribution in [3.63, 3.8) is 0 Å². The Morgan fingerprint density at radius 2 is 1.14 bits per heavy atom. The van der Waals surface area contributed by atoms with E-state index < -0.39 is 17.9 Å². The number of benzene rings is 4. The van der Waals surface area contributed by atoms with Crippen molar-refractivity contribution in [2.24, 2.45) is 0 Å². The number of para-hydroxylation sites is 2. The van der Waals surface area contributed by atoms with Crippen LogP contribution >= 0.6 is 31.9 Å². The van der Waals surface area contributed by atoms with Crippen LogP contribution in [0.5, 0.6) is 0 Å². The molecule has 0 bridgehead atoms. The Balaban J connectivity index is 0.000000211. The number of aromatic amines is 2. The molecule has 0 aliphatic carbocycles. The molecule has 0 saturated heterocycles. The number of hydrogen-bond acceptors (Lipinski definition) is 6. The number of rotatable bonds is 11. The molecule has 4 aromatic carbocycles. The predicted octanol–water partition coefficient (Wildman–Crippen LogP) is 8.96. The Labute approximate surface area is 304 Å². The Morgan fingerprint density at radius 1 is 0.660 bits per heavy atom. The molecule has 0 spiro atoms. The van der Waals surface area contributed by atoms with Gasteiger partial charge in [-0.1, -0.05) is 60.7 Å². The van der Waals surface area contributed by atoms with E-state index in [0.717, 1.165) is 52.8 Å². The maximum absolute atomic E-state index is 12.7. The molecule has 50 heavy (non-hydrogen) atoms. The van der Waals surface area contributed by atoms with Gasteiger partial charge in [-0.3, -0.25) is 9.59 Å². The molecule has 258 valence electrons. The summed E-state index contributed by atoms with van der Waals surface area (Å²) in [6.07, 6.45) is 0.905. The molecule has 4 N–H and O–H groups in total. The zero-order valence-electron chi connectivity index (χ0n) is 27.4. The number of aliphatic carboxylic acids is 1. The number of amides is 1. The molecule has 0 fully saturated rings. The lowest BCUT2D eigenvalue weighted by molar-refractivity contribution is -0.137. The number of hydrogen-bond donors (Lipinski definition) is 4. The summed E-state index contributed by atoms with van der Waals surface area (Å²) in [7, 11) is 0. The van der Waals surface area contributed by atoms with Gasteiger partial charge in [0.05, 0.1) is 24.2 Å². The predicted molar refractivity (Wildman–Crippen MR) is 201 cm³/mol. The number of carbonyl (C=O) groups is 4. The number of carboxylic acids is 1. The first-order valence-electron chi connectivity index (χ1n) is 16.0. The number of esters is 2. The average molecular weight is 806 g/mol. The molecule has 0 unspecified atom stereocenters. The molecule has 12 heteroatoms. The maximum atomic E-state index is 12.7. The first kappa shape index (κ1) is 36.3. The van der Waals surface area contributed by atoms with Gasteiger partial charge in [0, 0.05) is 43.6 Å². The van der Waals surface area contributed by atoms with Gasteiger partial charge in [0.25, 0.3) is 0 Å². The fourth-order valence-corrected chi connectivity index (χ4v) is 6.70. The Kier molecular flexibility index (Phi) is 12.1. The molecule has 2 aromatic heterocycles. The SMILES string of the molecule is CCOC(=O)c1[nH]c2c(Br)cccc2c1CCC(=O)Nc1cccc2ccccc12.CCOC(=O)c1[nH]c2c(Br)cccc2c1CCC(=O)O. The second-order valence-corrected chi connectivity index (χ2v) is 12.9. The minimum absolute atomic E-state index is 0.0358. The highest BCUT2D eigenvalue weighted by molar-refractivity contribution is 9.11. The van der Waals surface area contributed by atoms with Crippen LogP contribution in [0.25, 0.3) is 32.6 Å². The summed E-state index contributed by atoms with van der Waals surface area (Å²) in [5.41, 5.74) is 4.58. The van der Waals surface area contributed by atoms with E-state index in [0.29, 0.717) is 23.4 Å². The van der Waals surface area contributed by atoms with Crippen LogP contribution in [0.1, 0.15) is 58.8 Å².